The summed E-state index contributed by atoms with van der Waals surface area (Å²) < 4.78 is 4.82. The fourth-order valence-corrected chi connectivity index (χ4v) is 1.06. The van der Waals surface area contributed by atoms with Gasteiger partial charge in [-0.25, -0.2) is 0 Å². The van der Waals surface area contributed by atoms with Gasteiger partial charge >= 0.3 is 5.97 Å². The molecule has 6 heteroatoms. The minimum Gasteiger partial charge on any atom is -0.493 e. The second-order valence-electron chi connectivity index (χ2n) is 3.01. The van der Waals surface area contributed by atoms with Crippen molar-refractivity contribution in [3.05, 3.63) is 11.6 Å². The number of esters is 1. The van der Waals surface area contributed by atoms with E-state index < -0.39 is 17.7 Å². The van der Waals surface area contributed by atoms with Crippen LogP contribution in [-0.2, 0) is 4.79 Å². The van der Waals surface area contributed by atoms with E-state index in [1.807, 2.05) is 0 Å². The van der Waals surface area contributed by atoms with Crippen LogP contribution in [0.25, 0.3) is 0 Å². The lowest BCUT2D eigenvalue weighted by atomic mass is 10.2. The van der Waals surface area contributed by atoms with E-state index in [-0.39, 0.29) is 17.7 Å². The van der Waals surface area contributed by atoms with Gasteiger partial charge in [-0.1, -0.05) is 6.92 Å². The third kappa shape index (κ3) is 2.60. The molecule has 0 aromatic carbocycles. The molecule has 0 bridgehead atoms. The number of pyridine rings is 1. The average molecular weight is 222 g/mol. The summed E-state index contributed by atoms with van der Waals surface area (Å²) in [7, 11) is 0. The van der Waals surface area contributed by atoms with Gasteiger partial charge in [-0.3, -0.25) is 4.79 Å². The molecule has 0 saturated heterocycles. The molecule has 1 rings (SSSR count). The summed E-state index contributed by atoms with van der Waals surface area (Å²) in [6.07, 6.45) is 0.790. The summed E-state index contributed by atoms with van der Waals surface area (Å²) in [6.45, 7) is 1.80. The quantitative estimate of drug-likeness (QED) is 0.741. The summed E-state index contributed by atoms with van der Waals surface area (Å²) in [5.41, 5.74) is -0.276. The molecule has 0 unspecified atom stereocenters. The SMILES string of the molecule is CCCC(=O)Oc1cc(O)nc(O)c1C#N. The number of aromatic hydroxyl groups is 2. The van der Waals surface area contributed by atoms with Crippen molar-refractivity contribution in [2.24, 2.45) is 0 Å². The maximum absolute atomic E-state index is 11.2. The van der Waals surface area contributed by atoms with Crippen LogP contribution >= 0.6 is 0 Å². The van der Waals surface area contributed by atoms with Crippen molar-refractivity contribution >= 4 is 5.97 Å². The number of hydrogen-bond donors (Lipinski definition) is 2. The highest BCUT2D eigenvalue weighted by Crippen LogP contribution is 2.29. The van der Waals surface area contributed by atoms with Gasteiger partial charge in [0.25, 0.3) is 0 Å². The van der Waals surface area contributed by atoms with Crippen molar-refractivity contribution in [2.45, 2.75) is 19.8 Å². The fraction of sp³-hybridized carbons (Fsp3) is 0.300. The first-order valence-electron chi connectivity index (χ1n) is 4.62. The Morgan fingerprint density at radius 2 is 2.31 bits per heavy atom. The first-order chi connectivity index (χ1) is 7.58. The van der Waals surface area contributed by atoms with Crippen molar-refractivity contribution in [2.75, 3.05) is 0 Å². The highest BCUT2D eigenvalue weighted by molar-refractivity contribution is 5.73. The molecule has 0 amide bonds. The molecule has 6 nitrogen and oxygen atoms in total. The van der Waals surface area contributed by atoms with Gasteiger partial charge in [0.15, 0.2) is 11.3 Å². The van der Waals surface area contributed by atoms with Gasteiger partial charge in [0.05, 0.1) is 0 Å². The monoisotopic (exact) mass is 222 g/mol. The summed E-state index contributed by atoms with van der Waals surface area (Å²) in [4.78, 5) is 14.4. The van der Waals surface area contributed by atoms with Crippen molar-refractivity contribution in [3.8, 4) is 23.6 Å². The standard InChI is InChI=1S/C10H10N2O4/c1-2-3-9(14)16-7-4-8(13)12-10(15)6(7)5-11/h4H,2-3H2,1H3,(H2,12,13,15). The highest BCUT2D eigenvalue weighted by Gasteiger charge is 2.15. The minimum atomic E-state index is -0.665. The lowest BCUT2D eigenvalue weighted by molar-refractivity contribution is -0.134. The lowest BCUT2D eigenvalue weighted by Gasteiger charge is -2.06. The van der Waals surface area contributed by atoms with E-state index >= 15 is 0 Å². The number of carbonyl (C=O) groups excluding carboxylic acids is 1. The van der Waals surface area contributed by atoms with Crippen molar-refractivity contribution in [1.29, 1.82) is 5.26 Å². The van der Waals surface area contributed by atoms with E-state index in [0.717, 1.165) is 6.07 Å². The second-order valence-corrected chi connectivity index (χ2v) is 3.01. The molecule has 0 aliphatic carbocycles. The van der Waals surface area contributed by atoms with Crippen LogP contribution in [0.3, 0.4) is 0 Å². The van der Waals surface area contributed by atoms with Crippen LogP contribution in [0, 0.1) is 11.3 Å². The normalized spacial score (nSPS) is 9.50. The molecule has 1 aromatic heterocycles. The minimum absolute atomic E-state index is 0.189. The Morgan fingerprint density at radius 3 is 2.88 bits per heavy atom. The van der Waals surface area contributed by atoms with E-state index in [1.165, 1.54) is 0 Å². The van der Waals surface area contributed by atoms with Gasteiger partial charge in [-0.05, 0) is 6.42 Å². The molecule has 0 fully saturated rings. The molecular weight excluding hydrogens is 212 g/mol. The zero-order valence-corrected chi connectivity index (χ0v) is 8.60. The summed E-state index contributed by atoms with van der Waals surface area (Å²) in [6, 6.07) is 2.64. The zero-order chi connectivity index (χ0) is 12.1. The summed E-state index contributed by atoms with van der Waals surface area (Å²) in [5, 5.41) is 27.0. The first-order valence-corrected chi connectivity index (χ1v) is 4.62. The second kappa shape index (κ2) is 4.98. The number of rotatable bonds is 3. The molecular formula is C10H10N2O4. The van der Waals surface area contributed by atoms with Crippen molar-refractivity contribution in [3.63, 3.8) is 0 Å². The number of aromatic nitrogens is 1. The molecule has 2 N–H and O–H groups in total. The van der Waals surface area contributed by atoms with Crippen LogP contribution in [0.4, 0.5) is 0 Å². The summed E-state index contributed by atoms with van der Waals surface area (Å²) in [5.74, 6) is -1.91. The first kappa shape index (κ1) is 11.8. The summed E-state index contributed by atoms with van der Waals surface area (Å²) >= 11 is 0. The number of nitrogens with zero attached hydrogens (tertiary/aromatic N) is 2. The topological polar surface area (TPSA) is 103 Å². The third-order valence-electron chi connectivity index (χ3n) is 1.74. The Labute approximate surface area is 91.7 Å². The smallest absolute Gasteiger partial charge is 0.311 e. The van der Waals surface area contributed by atoms with Crippen LogP contribution in [0.1, 0.15) is 25.3 Å². The van der Waals surface area contributed by atoms with Gasteiger partial charge in [-0.2, -0.15) is 10.2 Å². The highest BCUT2D eigenvalue weighted by atomic mass is 16.5. The molecule has 0 aliphatic heterocycles. The molecule has 0 aliphatic rings. The Morgan fingerprint density at radius 1 is 1.62 bits per heavy atom. The number of nitriles is 1. The fourth-order valence-electron chi connectivity index (χ4n) is 1.06. The van der Waals surface area contributed by atoms with Crippen LogP contribution in [0.2, 0.25) is 0 Å². The molecule has 0 spiro atoms. The molecule has 16 heavy (non-hydrogen) atoms. The van der Waals surface area contributed by atoms with E-state index in [1.54, 1.807) is 13.0 Å². The molecule has 0 saturated carbocycles. The predicted octanol–water partition coefficient (Wildman–Crippen LogP) is 1.07. The molecule has 1 aromatic rings. The van der Waals surface area contributed by atoms with Gasteiger partial charge in [-0.15, -0.1) is 0 Å². The number of hydrogen-bond acceptors (Lipinski definition) is 6. The predicted molar refractivity (Wildman–Crippen MR) is 52.8 cm³/mol. The van der Waals surface area contributed by atoms with Crippen LogP contribution in [0.15, 0.2) is 6.07 Å². The largest absolute Gasteiger partial charge is 0.493 e. The van der Waals surface area contributed by atoms with Crippen molar-refractivity contribution in [1.82, 2.24) is 4.98 Å². The van der Waals surface area contributed by atoms with E-state index in [9.17, 15) is 9.90 Å². The van der Waals surface area contributed by atoms with E-state index in [2.05, 4.69) is 4.98 Å². The maximum atomic E-state index is 11.2. The third-order valence-corrected chi connectivity index (χ3v) is 1.74. The van der Waals surface area contributed by atoms with Gasteiger partial charge in [0.1, 0.15) is 6.07 Å². The lowest BCUT2D eigenvalue weighted by Crippen LogP contribution is -2.08. The number of carbonyl (C=O) groups is 1. The van der Waals surface area contributed by atoms with Crippen LogP contribution in [-0.4, -0.2) is 21.2 Å². The zero-order valence-electron chi connectivity index (χ0n) is 8.60. The maximum Gasteiger partial charge on any atom is 0.311 e. The Bertz CT molecular complexity index is 451. The molecule has 84 valence electrons. The van der Waals surface area contributed by atoms with Gasteiger partial charge < -0.3 is 14.9 Å². The molecule has 1 heterocycles. The Hall–Kier alpha value is -2.29. The Balaban J connectivity index is 3.04. The molecule has 0 radical (unpaired) electrons. The molecule has 0 atom stereocenters. The van der Waals surface area contributed by atoms with Crippen LogP contribution < -0.4 is 4.74 Å². The Kier molecular flexibility index (Phi) is 3.67. The number of ether oxygens (including phenoxy) is 1. The van der Waals surface area contributed by atoms with E-state index in [4.69, 9.17) is 15.1 Å². The average Bonchev–Trinajstić information content (AvgIpc) is 2.17. The van der Waals surface area contributed by atoms with Crippen LogP contribution in [0.5, 0.6) is 17.5 Å². The van der Waals surface area contributed by atoms with Gasteiger partial charge in [0, 0.05) is 12.5 Å². The van der Waals surface area contributed by atoms with Crippen molar-refractivity contribution < 1.29 is 19.7 Å². The van der Waals surface area contributed by atoms with Gasteiger partial charge in [0.2, 0.25) is 11.8 Å². The van der Waals surface area contributed by atoms with E-state index in [0.29, 0.717) is 6.42 Å².